The third kappa shape index (κ3) is 4.37. The highest BCUT2D eigenvalue weighted by Crippen LogP contribution is 2.20. The van der Waals surface area contributed by atoms with Crippen LogP contribution in [0.4, 0.5) is 4.39 Å². The van der Waals surface area contributed by atoms with Crippen molar-refractivity contribution in [3.8, 4) is 0 Å². The number of benzene rings is 1. The molecule has 0 saturated carbocycles. The molecule has 4 nitrogen and oxygen atoms in total. The zero-order valence-corrected chi connectivity index (χ0v) is 12.9. The van der Waals surface area contributed by atoms with Crippen molar-refractivity contribution in [3.05, 3.63) is 35.6 Å². The van der Waals surface area contributed by atoms with Gasteiger partial charge < -0.3 is 10.6 Å². The zero-order chi connectivity index (χ0) is 16.1. The Morgan fingerprint density at radius 3 is 2.64 bits per heavy atom. The first kappa shape index (κ1) is 16.6. The predicted octanol–water partition coefficient (Wildman–Crippen LogP) is 2.37. The van der Waals surface area contributed by atoms with Crippen LogP contribution in [-0.2, 0) is 4.79 Å². The summed E-state index contributed by atoms with van der Waals surface area (Å²) in [4.78, 5) is 26.0. The van der Waals surface area contributed by atoms with Crippen molar-refractivity contribution in [2.75, 3.05) is 13.1 Å². The molecule has 1 aromatic rings. The summed E-state index contributed by atoms with van der Waals surface area (Å²) in [5.41, 5.74) is 6.36. The molecular formula is C17H23FN2O2. The third-order valence-corrected chi connectivity index (χ3v) is 4.29. The van der Waals surface area contributed by atoms with Gasteiger partial charge in [-0.3, -0.25) is 9.59 Å². The van der Waals surface area contributed by atoms with E-state index >= 15 is 0 Å². The molecule has 1 amide bonds. The molecule has 2 unspecified atom stereocenters. The number of piperidine rings is 1. The van der Waals surface area contributed by atoms with Crippen molar-refractivity contribution in [3.63, 3.8) is 0 Å². The normalized spacial score (nSPS) is 19.8. The Morgan fingerprint density at radius 1 is 1.32 bits per heavy atom. The Hall–Kier alpha value is -1.75. The number of rotatable bonds is 5. The molecule has 22 heavy (non-hydrogen) atoms. The molecule has 1 aromatic carbocycles. The fourth-order valence-electron chi connectivity index (χ4n) is 2.82. The molecular weight excluding hydrogens is 283 g/mol. The van der Waals surface area contributed by atoms with E-state index in [1.807, 2.05) is 11.8 Å². The summed E-state index contributed by atoms with van der Waals surface area (Å²) in [6, 6.07) is 5.50. The summed E-state index contributed by atoms with van der Waals surface area (Å²) < 4.78 is 12.8. The number of halogens is 1. The van der Waals surface area contributed by atoms with Crippen molar-refractivity contribution in [2.24, 2.45) is 11.7 Å². The van der Waals surface area contributed by atoms with E-state index in [9.17, 15) is 14.0 Å². The topological polar surface area (TPSA) is 63.4 Å². The molecule has 1 fully saturated rings. The first-order chi connectivity index (χ1) is 10.5. The third-order valence-electron chi connectivity index (χ3n) is 4.29. The highest BCUT2D eigenvalue weighted by Gasteiger charge is 2.25. The van der Waals surface area contributed by atoms with Gasteiger partial charge in [-0.05, 0) is 49.9 Å². The molecule has 0 bridgehead atoms. The van der Waals surface area contributed by atoms with E-state index in [1.165, 1.54) is 24.3 Å². The van der Waals surface area contributed by atoms with Crippen LogP contribution in [-0.4, -0.2) is 35.7 Å². The van der Waals surface area contributed by atoms with Crippen molar-refractivity contribution in [1.82, 2.24) is 4.90 Å². The maximum atomic E-state index is 12.8. The Balaban J connectivity index is 1.84. The molecule has 0 radical (unpaired) electrons. The number of hydrogen-bond donors (Lipinski definition) is 1. The van der Waals surface area contributed by atoms with Gasteiger partial charge in [0.05, 0.1) is 0 Å². The highest BCUT2D eigenvalue weighted by molar-refractivity contribution is 5.97. The molecule has 0 aliphatic carbocycles. The lowest BCUT2D eigenvalue weighted by Gasteiger charge is -2.34. The molecule has 2 rings (SSSR count). The largest absolute Gasteiger partial charge is 0.342 e. The summed E-state index contributed by atoms with van der Waals surface area (Å²) in [5, 5.41) is 0. The van der Waals surface area contributed by atoms with Gasteiger partial charge in [0.15, 0.2) is 5.78 Å². The molecule has 5 heteroatoms. The summed E-state index contributed by atoms with van der Waals surface area (Å²) in [5.74, 6) is -0.164. The molecule has 1 saturated heterocycles. The van der Waals surface area contributed by atoms with Crippen LogP contribution in [0.1, 0.15) is 43.0 Å². The standard InChI is InChI=1S/C17H23FN2O2/c1-12(19)14-3-2-10-20(11-14)17(22)9-8-16(21)13-4-6-15(18)7-5-13/h4-7,12,14H,2-3,8-11,19H2,1H3. The number of hydrogen-bond acceptors (Lipinski definition) is 3. The van der Waals surface area contributed by atoms with Gasteiger partial charge in [0.1, 0.15) is 5.82 Å². The monoisotopic (exact) mass is 306 g/mol. The van der Waals surface area contributed by atoms with Gasteiger partial charge in [-0.1, -0.05) is 0 Å². The Bertz CT molecular complexity index is 528. The fraction of sp³-hybridized carbons (Fsp3) is 0.529. The van der Waals surface area contributed by atoms with E-state index in [0.29, 0.717) is 18.0 Å². The smallest absolute Gasteiger partial charge is 0.223 e. The summed E-state index contributed by atoms with van der Waals surface area (Å²) in [6.07, 6.45) is 2.37. The highest BCUT2D eigenvalue weighted by atomic mass is 19.1. The van der Waals surface area contributed by atoms with Crippen LogP contribution in [0.5, 0.6) is 0 Å². The lowest BCUT2D eigenvalue weighted by Crippen LogP contribution is -2.45. The van der Waals surface area contributed by atoms with E-state index in [-0.39, 0.29) is 36.4 Å². The summed E-state index contributed by atoms with van der Waals surface area (Å²) in [6.45, 7) is 3.39. The van der Waals surface area contributed by atoms with Crippen molar-refractivity contribution < 1.29 is 14.0 Å². The molecule has 0 spiro atoms. The van der Waals surface area contributed by atoms with Gasteiger partial charge in [0.25, 0.3) is 0 Å². The van der Waals surface area contributed by atoms with Crippen LogP contribution in [0.3, 0.4) is 0 Å². The molecule has 1 heterocycles. The average molecular weight is 306 g/mol. The summed E-state index contributed by atoms with van der Waals surface area (Å²) >= 11 is 0. The maximum absolute atomic E-state index is 12.8. The van der Waals surface area contributed by atoms with Gasteiger partial charge in [0, 0.05) is 37.5 Å². The minimum atomic E-state index is -0.372. The van der Waals surface area contributed by atoms with Crippen molar-refractivity contribution in [2.45, 2.75) is 38.6 Å². The number of nitrogens with two attached hydrogens (primary N) is 1. The fourth-order valence-corrected chi connectivity index (χ4v) is 2.82. The van der Waals surface area contributed by atoms with E-state index < -0.39 is 0 Å². The van der Waals surface area contributed by atoms with Gasteiger partial charge in [0.2, 0.25) is 5.91 Å². The zero-order valence-electron chi connectivity index (χ0n) is 12.9. The van der Waals surface area contributed by atoms with E-state index in [2.05, 4.69) is 0 Å². The second-order valence-electron chi connectivity index (χ2n) is 6.03. The van der Waals surface area contributed by atoms with E-state index in [1.54, 1.807) is 0 Å². The second-order valence-corrected chi connectivity index (χ2v) is 6.03. The average Bonchev–Trinajstić information content (AvgIpc) is 2.53. The lowest BCUT2D eigenvalue weighted by molar-refractivity contribution is -0.133. The van der Waals surface area contributed by atoms with Crippen LogP contribution >= 0.6 is 0 Å². The van der Waals surface area contributed by atoms with Crippen LogP contribution in [0.25, 0.3) is 0 Å². The number of amides is 1. The van der Waals surface area contributed by atoms with Gasteiger partial charge in [-0.25, -0.2) is 4.39 Å². The first-order valence-electron chi connectivity index (χ1n) is 7.79. The minimum Gasteiger partial charge on any atom is -0.342 e. The van der Waals surface area contributed by atoms with Gasteiger partial charge >= 0.3 is 0 Å². The number of carbonyl (C=O) groups excluding carboxylic acids is 2. The van der Waals surface area contributed by atoms with Crippen LogP contribution in [0.2, 0.25) is 0 Å². The quantitative estimate of drug-likeness (QED) is 0.850. The van der Waals surface area contributed by atoms with Crippen LogP contribution in [0.15, 0.2) is 24.3 Å². The molecule has 0 aromatic heterocycles. The lowest BCUT2D eigenvalue weighted by atomic mass is 9.92. The van der Waals surface area contributed by atoms with Gasteiger partial charge in [-0.2, -0.15) is 0 Å². The van der Waals surface area contributed by atoms with Crippen molar-refractivity contribution in [1.29, 1.82) is 0 Å². The molecule has 1 aliphatic rings. The number of carbonyl (C=O) groups is 2. The Morgan fingerprint density at radius 2 is 2.00 bits per heavy atom. The van der Waals surface area contributed by atoms with Crippen LogP contribution in [0, 0.1) is 11.7 Å². The van der Waals surface area contributed by atoms with Gasteiger partial charge in [-0.15, -0.1) is 0 Å². The number of Topliss-reactive ketones (excluding diaryl/α,β-unsaturated/α-hetero) is 1. The first-order valence-corrected chi connectivity index (χ1v) is 7.79. The Labute approximate surface area is 130 Å². The SMILES string of the molecule is CC(N)C1CCCN(C(=O)CCC(=O)c2ccc(F)cc2)C1. The molecule has 120 valence electrons. The molecule has 1 aliphatic heterocycles. The number of nitrogens with zero attached hydrogens (tertiary/aromatic N) is 1. The minimum absolute atomic E-state index is 0.000752. The predicted molar refractivity (Wildman–Crippen MR) is 82.9 cm³/mol. The summed E-state index contributed by atoms with van der Waals surface area (Å²) in [7, 11) is 0. The van der Waals surface area contributed by atoms with E-state index in [0.717, 1.165) is 19.4 Å². The van der Waals surface area contributed by atoms with Crippen LogP contribution < -0.4 is 5.73 Å². The number of likely N-dealkylation sites (tertiary alicyclic amines) is 1. The van der Waals surface area contributed by atoms with E-state index in [4.69, 9.17) is 5.73 Å². The second kappa shape index (κ2) is 7.49. The number of ketones is 1. The molecule has 2 N–H and O–H groups in total. The maximum Gasteiger partial charge on any atom is 0.223 e. The molecule has 2 atom stereocenters. The Kier molecular flexibility index (Phi) is 5.66. The van der Waals surface area contributed by atoms with Crippen molar-refractivity contribution >= 4 is 11.7 Å².